The van der Waals surface area contributed by atoms with E-state index >= 15 is 0 Å². The molecule has 0 spiro atoms. The predicted molar refractivity (Wildman–Crippen MR) is 80.8 cm³/mol. The minimum atomic E-state index is 0.589. The third kappa shape index (κ3) is 3.36. The topological polar surface area (TPSA) is 75.9 Å². The summed E-state index contributed by atoms with van der Waals surface area (Å²) in [7, 11) is 0. The molecule has 0 unspecified atom stereocenters. The lowest BCUT2D eigenvalue weighted by molar-refractivity contribution is 0.971. The molecule has 0 aliphatic carbocycles. The SMILES string of the molecule is CSc1nc(NN)cc(Nc2ccc(C)c(C)c2)n1. The molecule has 0 radical (unpaired) electrons. The Kier molecular flexibility index (Phi) is 4.24. The molecule has 100 valence electrons. The van der Waals surface area contributed by atoms with Crippen LogP contribution in [0.2, 0.25) is 0 Å². The Morgan fingerprint density at radius 1 is 1.05 bits per heavy atom. The maximum absolute atomic E-state index is 5.40. The van der Waals surface area contributed by atoms with Crippen molar-refractivity contribution < 1.29 is 0 Å². The standard InChI is InChI=1S/C13H17N5S/c1-8-4-5-10(6-9(8)2)15-11-7-12(18-14)17-13(16-11)19-3/h4-7H,14H2,1-3H3,(H2,15,16,17,18). The number of nitrogens with two attached hydrogens (primary N) is 1. The van der Waals surface area contributed by atoms with Crippen molar-refractivity contribution in [3.63, 3.8) is 0 Å². The lowest BCUT2D eigenvalue weighted by Crippen LogP contribution is -2.10. The average molecular weight is 275 g/mol. The van der Waals surface area contributed by atoms with Gasteiger partial charge >= 0.3 is 0 Å². The van der Waals surface area contributed by atoms with Gasteiger partial charge in [-0.1, -0.05) is 17.8 Å². The van der Waals surface area contributed by atoms with Gasteiger partial charge in [0.25, 0.3) is 0 Å². The van der Waals surface area contributed by atoms with Crippen LogP contribution in [0.4, 0.5) is 17.3 Å². The van der Waals surface area contributed by atoms with Crippen LogP contribution in [0.25, 0.3) is 0 Å². The van der Waals surface area contributed by atoms with Crippen LogP contribution >= 0.6 is 11.8 Å². The summed E-state index contributed by atoms with van der Waals surface area (Å²) < 4.78 is 0. The summed E-state index contributed by atoms with van der Waals surface area (Å²) in [6, 6.07) is 7.97. The molecular weight excluding hydrogens is 258 g/mol. The maximum atomic E-state index is 5.40. The molecule has 5 nitrogen and oxygen atoms in total. The van der Waals surface area contributed by atoms with Crippen LogP contribution in [0.5, 0.6) is 0 Å². The molecule has 2 rings (SSSR count). The fourth-order valence-electron chi connectivity index (χ4n) is 1.62. The molecule has 1 aromatic heterocycles. The van der Waals surface area contributed by atoms with Crippen LogP contribution < -0.4 is 16.6 Å². The number of anilines is 3. The minimum absolute atomic E-state index is 0.589. The summed E-state index contributed by atoms with van der Waals surface area (Å²) in [6.07, 6.45) is 1.93. The van der Waals surface area contributed by atoms with Gasteiger partial charge in [0, 0.05) is 11.8 Å². The Morgan fingerprint density at radius 2 is 1.79 bits per heavy atom. The molecule has 1 heterocycles. The first-order valence-electron chi connectivity index (χ1n) is 5.86. The van der Waals surface area contributed by atoms with Gasteiger partial charge in [-0.25, -0.2) is 15.8 Å². The molecule has 4 N–H and O–H groups in total. The van der Waals surface area contributed by atoms with E-state index in [1.807, 2.05) is 12.3 Å². The first-order chi connectivity index (χ1) is 9.12. The van der Waals surface area contributed by atoms with Gasteiger partial charge in [-0.15, -0.1) is 0 Å². The van der Waals surface area contributed by atoms with E-state index in [0.29, 0.717) is 11.0 Å². The van der Waals surface area contributed by atoms with Gasteiger partial charge in [-0.05, 0) is 43.4 Å². The molecule has 0 bridgehead atoms. The van der Waals surface area contributed by atoms with Crippen molar-refractivity contribution >= 4 is 29.1 Å². The number of thioether (sulfide) groups is 1. The molecule has 0 amide bonds. The summed E-state index contributed by atoms with van der Waals surface area (Å²) in [5.74, 6) is 6.71. The summed E-state index contributed by atoms with van der Waals surface area (Å²) in [5, 5.41) is 3.93. The van der Waals surface area contributed by atoms with Crippen LogP contribution in [0.1, 0.15) is 11.1 Å². The second-order valence-electron chi connectivity index (χ2n) is 4.19. The smallest absolute Gasteiger partial charge is 0.191 e. The van der Waals surface area contributed by atoms with E-state index in [1.54, 1.807) is 6.07 Å². The highest BCUT2D eigenvalue weighted by molar-refractivity contribution is 7.98. The van der Waals surface area contributed by atoms with Crippen molar-refractivity contribution in [1.82, 2.24) is 9.97 Å². The summed E-state index contributed by atoms with van der Waals surface area (Å²) in [6.45, 7) is 4.17. The highest BCUT2D eigenvalue weighted by atomic mass is 32.2. The van der Waals surface area contributed by atoms with Crippen molar-refractivity contribution in [3.8, 4) is 0 Å². The van der Waals surface area contributed by atoms with E-state index in [-0.39, 0.29) is 0 Å². The fourth-order valence-corrected chi connectivity index (χ4v) is 2.00. The Morgan fingerprint density at radius 3 is 2.42 bits per heavy atom. The van der Waals surface area contributed by atoms with Gasteiger partial charge in [-0.3, -0.25) is 0 Å². The van der Waals surface area contributed by atoms with Crippen molar-refractivity contribution in [2.45, 2.75) is 19.0 Å². The zero-order chi connectivity index (χ0) is 13.8. The molecule has 0 atom stereocenters. The van der Waals surface area contributed by atoms with Crippen molar-refractivity contribution in [1.29, 1.82) is 0 Å². The van der Waals surface area contributed by atoms with Crippen LogP contribution in [0.15, 0.2) is 29.4 Å². The van der Waals surface area contributed by atoms with Gasteiger partial charge in [-0.2, -0.15) is 0 Å². The molecule has 0 saturated heterocycles. The molecule has 0 fully saturated rings. The first-order valence-corrected chi connectivity index (χ1v) is 7.09. The number of nitrogens with zero attached hydrogens (tertiary/aromatic N) is 2. The lowest BCUT2D eigenvalue weighted by Gasteiger charge is -2.10. The molecular formula is C13H17N5S. The van der Waals surface area contributed by atoms with Gasteiger partial charge in [0.1, 0.15) is 11.6 Å². The number of nitrogen functional groups attached to an aromatic ring is 1. The normalized spacial score (nSPS) is 10.3. The number of benzene rings is 1. The van der Waals surface area contributed by atoms with Gasteiger partial charge in [0.2, 0.25) is 0 Å². The van der Waals surface area contributed by atoms with Gasteiger partial charge in [0.15, 0.2) is 5.16 Å². The van der Waals surface area contributed by atoms with Gasteiger partial charge < -0.3 is 10.7 Å². The monoisotopic (exact) mass is 275 g/mol. The summed E-state index contributed by atoms with van der Waals surface area (Å²) in [4.78, 5) is 8.61. The number of hydrogen-bond acceptors (Lipinski definition) is 6. The fraction of sp³-hybridized carbons (Fsp3) is 0.231. The largest absolute Gasteiger partial charge is 0.340 e. The van der Waals surface area contributed by atoms with Crippen molar-refractivity contribution in [2.24, 2.45) is 5.84 Å². The summed E-state index contributed by atoms with van der Waals surface area (Å²) >= 11 is 1.47. The van der Waals surface area contributed by atoms with Crippen LogP contribution in [-0.2, 0) is 0 Å². The van der Waals surface area contributed by atoms with E-state index < -0.39 is 0 Å². The van der Waals surface area contributed by atoms with Crippen LogP contribution in [0.3, 0.4) is 0 Å². The maximum Gasteiger partial charge on any atom is 0.191 e. The minimum Gasteiger partial charge on any atom is -0.340 e. The number of hydrazine groups is 1. The quantitative estimate of drug-likeness (QED) is 0.345. The molecule has 2 aromatic rings. The predicted octanol–water partition coefficient (Wildman–Crippen LogP) is 2.84. The second kappa shape index (κ2) is 5.90. The van der Waals surface area contributed by atoms with Crippen molar-refractivity contribution in [3.05, 3.63) is 35.4 Å². The van der Waals surface area contributed by atoms with Crippen LogP contribution in [0, 0.1) is 13.8 Å². The Balaban J connectivity index is 2.29. The van der Waals surface area contributed by atoms with Gasteiger partial charge in [0.05, 0.1) is 0 Å². The number of nitrogens with one attached hydrogen (secondary N) is 2. The molecule has 0 saturated carbocycles. The highest BCUT2D eigenvalue weighted by Crippen LogP contribution is 2.22. The summed E-state index contributed by atoms with van der Waals surface area (Å²) in [5.41, 5.74) is 6.04. The average Bonchev–Trinajstić information content (AvgIpc) is 2.42. The Hall–Kier alpha value is -1.79. The molecule has 0 aliphatic rings. The van der Waals surface area contributed by atoms with E-state index in [9.17, 15) is 0 Å². The molecule has 1 aromatic carbocycles. The highest BCUT2D eigenvalue weighted by Gasteiger charge is 2.04. The zero-order valence-corrected chi connectivity index (χ0v) is 12.0. The molecule has 6 heteroatoms. The number of aryl methyl sites for hydroxylation is 2. The van der Waals surface area contributed by atoms with E-state index in [2.05, 4.69) is 46.7 Å². The van der Waals surface area contributed by atoms with Crippen LogP contribution in [-0.4, -0.2) is 16.2 Å². The third-order valence-electron chi connectivity index (χ3n) is 2.82. The number of aromatic nitrogens is 2. The Bertz CT molecular complexity index is 563. The second-order valence-corrected chi connectivity index (χ2v) is 4.97. The Labute approximate surface area is 117 Å². The number of hydrogen-bond donors (Lipinski definition) is 3. The van der Waals surface area contributed by atoms with E-state index in [4.69, 9.17) is 5.84 Å². The van der Waals surface area contributed by atoms with Crippen molar-refractivity contribution in [2.75, 3.05) is 17.0 Å². The van der Waals surface area contributed by atoms with E-state index in [0.717, 1.165) is 11.5 Å². The molecule has 0 aliphatic heterocycles. The van der Waals surface area contributed by atoms with E-state index in [1.165, 1.54) is 22.9 Å². The third-order valence-corrected chi connectivity index (χ3v) is 3.36. The number of rotatable bonds is 4. The molecule has 19 heavy (non-hydrogen) atoms. The zero-order valence-electron chi connectivity index (χ0n) is 11.2. The lowest BCUT2D eigenvalue weighted by atomic mass is 10.1. The first kappa shape index (κ1) is 13.6.